The predicted octanol–water partition coefficient (Wildman–Crippen LogP) is 3.05. The number of nitrogen functional groups attached to an aromatic ring is 1. The van der Waals surface area contributed by atoms with E-state index in [2.05, 4.69) is 17.2 Å². The number of nitrogens with two attached hydrogens (primary N) is 1. The van der Waals surface area contributed by atoms with Gasteiger partial charge in [-0.2, -0.15) is 16.9 Å². The second-order valence-corrected chi connectivity index (χ2v) is 5.22. The number of hydrogen-bond acceptors (Lipinski definition) is 3. The van der Waals surface area contributed by atoms with Crippen LogP contribution < -0.4 is 5.73 Å². The molecule has 0 aliphatic heterocycles. The smallest absolute Gasteiger partial charge is 0.145 e. The van der Waals surface area contributed by atoms with Gasteiger partial charge in [0.15, 0.2) is 0 Å². The van der Waals surface area contributed by atoms with Crippen LogP contribution in [0.4, 0.5) is 5.82 Å². The monoisotopic (exact) mass is 267 g/mol. The van der Waals surface area contributed by atoms with Gasteiger partial charge in [0, 0.05) is 22.7 Å². The average molecular weight is 268 g/mol. The number of thioether (sulfide) groups is 1. The van der Waals surface area contributed by atoms with Crippen molar-refractivity contribution in [2.75, 3.05) is 11.5 Å². The summed E-state index contributed by atoms with van der Waals surface area (Å²) in [6.07, 6.45) is 1.90. The van der Waals surface area contributed by atoms with E-state index in [0.717, 1.165) is 23.1 Å². The van der Waals surface area contributed by atoms with Crippen LogP contribution in [-0.2, 0) is 12.3 Å². The fourth-order valence-corrected chi connectivity index (χ4v) is 2.45. The van der Waals surface area contributed by atoms with Crippen molar-refractivity contribution in [3.8, 4) is 0 Å². The maximum Gasteiger partial charge on any atom is 0.145 e. The molecule has 0 spiro atoms. The number of nitrogens with zero attached hydrogens (tertiary/aromatic N) is 2. The Morgan fingerprint density at radius 2 is 2.00 bits per heavy atom. The fourth-order valence-electron chi connectivity index (χ4n) is 1.43. The lowest BCUT2D eigenvalue weighted by molar-refractivity contribution is 0.669. The van der Waals surface area contributed by atoms with Crippen molar-refractivity contribution in [2.24, 2.45) is 0 Å². The number of hydrogen-bond donors (Lipinski definition) is 1. The third kappa shape index (κ3) is 3.98. The summed E-state index contributed by atoms with van der Waals surface area (Å²) >= 11 is 7.70. The summed E-state index contributed by atoms with van der Waals surface area (Å²) in [4.78, 5) is 0. The summed E-state index contributed by atoms with van der Waals surface area (Å²) in [5.74, 6) is 2.59. The van der Waals surface area contributed by atoms with Crippen molar-refractivity contribution < 1.29 is 0 Å². The van der Waals surface area contributed by atoms with Gasteiger partial charge in [0.2, 0.25) is 0 Å². The molecule has 5 heteroatoms. The fraction of sp³-hybridized carbons (Fsp3) is 0.250. The van der Waals surface area contributed by atoms with Gasteiger partial charge in [-0.3, -0.25) is 4.68 Å². The van der Waals surface area contributed by atoms with E-state index in [0.29, 0.717) is 5.82 Å². The first-order valence-corrected chi connectivity index (χ1v) is 6.88. The molecule has 0 bridgehead atoms. The van der Waals surface area contributed by atoms with Crippen molar-refractivity contribution >= 4 is 29.2 Å². The van der Waals surface area contributed by atoms with E-state index in [1.807, 2.05) is 40.8 Å². The molecule has 0 fully saturated rings. The minimum Gasteiger partial charge on any atom is -0.382 e. The largest absolute Gasteiger partial charge is 0.382 e. The van der Waals surface area contributed by atoms with Crippen LogP contribution in [-0.4, -0.2) is 15.5 Å². The highest BCUT2D eigenvalue weighted by atomic mass is 35.5. The van der Waals surface area contributed by atoms with E-state index >= 15 is 0 Å². The summed E-state index contributed by atoms with van der Waals surface area (Å²) in [7, 11) is 0. The van der Waals surface area contributed by atoms with Crippen LogP contribution in [0.25, 0.3) is 0 Å². The van der Waals surface area contributed by atoms with Gasteiger partial charge >= 0.3 is 0 Å². The molecule has 0 saturated heterocycles. The third-order valence-electron chi connectivity index (χ3n) is 2.31. The Morgan fingerprint density at radius 3 is 2.65 bits per heavy atom. The van der Waals surface area contributed by atoms with Crippen molar-refractivity contribution in [3.63, 3.8) is 0 Å². The van der Waals surface area contributed by atoms with Gasteiger partial charge in [-0.1, -0.05) is 23.7 Å². The molecule has 1 heterocycles. The summed E-state index contributed by atoms with van der Waals surface area (Å²) in [5, 5.41) is 4.91. The molecule has 17 heavy (non-hydrogen) atoms. The Bertz CT molecular complexity index is 467. The van der Waals surface area contributed by atoms with Crippen molar-refractivity contribution in [2.45, 2.75) is 12.3 Å². The molecular weight excluding hydrogens is 254 g/mol. The van der Waals surface area contributed by atoms with Crippen molar-refractivity contribution in [3.05, 3.63) is 47.1 Å². The average Bonchev–Trinajstić information content (AvgIpc) is 2.73. The van der Waals surface area contributed by atoms with Crippen LogP contribution in [0.3, 0.4) is 0 Å². The van der Waals surface area contributed by atoms with E-state index in [9.17, 15) is 0 Å². The summed E-state index contributed by atoms with van der Waals surface area (Å²) in [6.45, 7) is 0.884. The van der Waals surface area contributed by atoms with Gasteiger partial charge in [-0.15, -0.1) is 0 Å². The predicted molar refractivity (Wildman–Crippen MR) is 74.3 cm³/mol. The second kappa shape index (κ2) is 5.98. The molecule has 3 nitrogen and oxygen atoms in total. The number of aryl methyl sites for hydroxylation is 1. The van der Waals surface area contributed by atoms with Gasteiger partial charge < -0.3 is 5.73 Å². The third-order valence-corrected chi connectivity index (χ3v) is 3.57. The van der Waals surface area contributed by atoms with E-state index in [1.54, 1.807) is 0 Å². The minimum atomic E-state index is 0.577. The molecule has 2 aromatic rings. The highest BCUT2D eigenvalue weighted by Crippen LogP contribution is 2.15. The highest BCUT2D eigenvalue weighted by molar-refractivity contribution is 7.98. The zero-order chi connectivity index (χ0) is 12.1. The van der Waals surface area contributed by atoms with Crippen molar-refractivity contribution in [1.29, 1.82) is 0 Å². The molecular formula is C12H14ClN3S. The van der Waals surface area contributed by atoms with Gasteiger partial charge in [0.05, 0.1) is 6.54 Å². The Kier molecular flexibility index (Phi) is 4.34. The lowest BCUT2D eigenvalue weighted by atomic mass is 10.2. The molecule has 0 radical (unpaired) electrons. The number of rotatable bonds is 5. The van der Waals surface area contributed by atoms with Gasteiger partial charge in [0.1, 0.15) is 5.82 Å². The first-order valence-electron chi connectivity index (χ1n) is 5.35. The molecule has 0 atom stereocenters. The number of aromatic nitrogens is 2. The molecule has 1 aromatic heterocycles. The number of halogens is 1. The molecule has 2 N–H and O–H groups in total. The van der Waals surface area contributed by atoms with Crippen LogP contribution in [0.5, 0.6) is 0 Å². The van der Waals surface area contributed by atoms with Gasteiger partial charge in [-0.25, -0.2) is 0 Å². The minimum absolute atomic E-state index is 0.577. The van der Waals surface area contributed by atoms with Crippen LogP contribution in [0.15, 0.2) is 36.5 Å². The SMILES string of the molecule is Nc1ccn(CCSCc2ccc(Cl)cc2)n1. The molecule has 0 amide bonds. The van der Waals surface area contributed by atoms with E-state index in [1.165, 1.54) is 5.56 Å². The second-order valence-electron chi connectivity index (χ2n) is 3.68. The van der Waals surface area contributed by atoms with Crippen LogP contribution >= 0.6 is 23.4 Å². The summed E-state index contributed by atoms with van der Waals surface area (Å²) < 4.78 is 1.87. The van der Waals surface area contributed by atoms with Crippen LogP contribution in [0.1, 0.15) is 5.56 Å². The first-order chi connectivity index (χ1) is 8.24. The zero-order valence-electron chi connectivity index (χ0n) is 9.34. The molecule has 0 saturated carbocycles. The quantitative estimate of drug-likeness (QED) is 0.847. The zero-order valence-corrected chi connectivity index (χ0v) is 10.9. The van der Waals surface area contributed by atoms with Gasteiger partial charge in [-0.05, 0) is 23.8 Å². The summed E-state index contributed by atoms with van der Waals surface area (Å²) in [6, 6.07) is 9.77. The summed E-state index contributed by atoms with van der Waals surface area (Å²) in [5.41, 5.74) is 6.83. The highest BCUT2D eigenvalue weighted by Gasteiger charge is 1.96. The van der Waals surface area contributed by atoms with E-state index in [4.69, 9.17) is 17.3 Å². The maximum absolute atomic E-state index is 5.83. The molecule has 90 valence electrons. The number of benzene rings is 1. The Labute approximate surface area is 110 Å². The maximum atomic E-state index is 5.83. The Hall–Kier alpha value is -1.13. The molecule has 0 aliphatic carbocycles. The topological polar surface area (TPSA) is 43.8 Å². The Balaban J connectivity index is 1.71. The first kappa shape index (κ1) is 12.3. The Morgan fingerprint density at radius 1 is 1.24 bits per heavy atom. The lowest BCUT2D eigenvalue weighted by Gasteiger charge is -2.02. The molecule has 2 rings (SSSR count). The molecule has 0 aliphatic rings. The van der Waals surface area contributed by atoms with E-state index in [-0.39, 0.29) is 0 Å². The van der Waals surface area contributed by atoms with Gasteiger partial charge in [0.25, 0.3) is 0 Å². The lowest BCUT2D eigenvalue weighted by Crippen LogP contribution is -2.02. The van der Waals surface area contributed by atoms with Crippen LogP contribution in [0, 0.1) is 0 Å². The standard InChI is InChI=1S/C12H14ClN3S/c13-11-3-1-10(2-4-11)9-17-8-7-16-6-5-12(14)15-16/h1-6H,7-9H2,(H2,14,15). The molecule has 1 aromatic carbocycles. The number of anilines is 1. The normalized spacial score (nSPS) is 10.6. The molecule has 0 unspecified atom stereocenters. The van der Waals surface area contributed by atoms with E-state index < -0.39 is 0 Å². The van der Waals surface area contributed by atoms with Crippen LogP contribution in [0.2, 0.25) is 5.02 Å². The van der Waals surface area contributed by atoms with Crippen molar-refractivity contribution in [1.82, 2.24) is 9.78 Å².